The van der Waals surface area contributed by atoms with Gasteiger partial charge in [0.1, 0.15) is 6.29 Å². The van der Waals surface area contributed by atoms with Crippen LogP contribution in [0, 0.1) is 0 Å². The minimum absolute atomic E-state index is 0.404. The average Bonchev–Trinajstić information content (AvgIpc) is 2.46. The summed E-state index contributed by atoms with van der Waals surface area (Å²) in [4.78, 5) is 11.4. The summed E-state index contributed by atoms with van der Waals surface area (Å²) in [6.07, 6.45) is 4.20. The fourth-order valence-corrected chi connectivity index (χ4v) is 10.2. The molecule has 0 fully saturated rings. The minimum Gasteiger partial charge on any atom is -0.303 e. The van der Waals surface area contributed by atoms with E-state index in [4.69, 9.17) is 0 Å². The lowest BCUT2D eigenvalue weighted by Crippen LogP contribution is -2.47. The molecule has 1 aromatic carbocycles. The van der Waals surface area contributed by atoms with Gasteiger partial charge in [-0.25, -0.2) is 0 Å². The Kier molecular flexibility index (Phi) is 7.28. The molecule has 1 aromatic rings. The van der Waals surface area contributed by atoms with E-state index in [1.54, 1.807) is 0 Å². The van der Waals surface area contributed by atoms with Crippen LogP contribution in [0.4, 0.5) is 0 Å². The molecule has 122 valence electrons. The molecule has 1 rings (SSSR count). The lowest BCUT2D eigenvalue weighted by Gasteiger charge is -2.45. The molecule has 0 aliphatic rings. The standard InChI is InChI=1S/C20H32OSi/c1-16(2)13-15-22(17(3)4,18(5)6)20(12-14-21)19-10-8-7-9-11-19/h7-11,13-14,17-18,20H,12,15H2,1-6H3. The van der Waals surface area contributed by atoms with E-state index < -0.39 is 8.07 Å². The number of carbonyl (C=O) groups is 1. The second kappa shape index (κ2) is 8.47. The molecule has 0 aliphatic carbocycles. The zero-order valence-corrected chi connectivity index (χ0v) is 16.1. The van der Waals surface area contributed by atoms with Crippen molar-refractivity contribution in [3.8, 4) is 0 Å². The minimum atomic E-state index is -1.71. The van der Waals surface area contributed by atoms with E-state index in [1.165, 1.54) is 11.1 Å². The summed E-state index contributed by atoms with van der Waals surface area (Å²) in [6.45, 7) is 13.8. The zero-order valence-electron chi connectivity index (χ0n) is 15.1. The summed E-state index contributed by atoms with van der Waals surface area (Å²) in [5, 5.41) is 0. The summed E-state index contributed by atoms with van der Waals surface area (Å²) in [6, 6.07) is 11.9. The van der Waals surface area contributed by atoms with Crippen molar-refractivity contribution in [3.05, 3.63) is 47.5 Å². The van der Waals surface area contributed by atoms with Crippen molar-refractivity contribution >= 4 is 14.4 Å². The Morgan fingerprint density at radius 3 is 2.00 bits per heavy atom. The van der Waals surface area contributed by atoms with E-state index in [0.29, 0.717) is 23.0 Å². The molecule has 0 N–H and O–H groups in total. The van der Waals surface area contributed by atoms with Gasteiger partial charge < -0.3 is 4.79 Å². The van der Waals surface area contributed by atoms with E-state index >= 15 is 0 Å². The lowest BCUT2D eigenvalue weighted by atomic mass is 10.1. The smallest absolute Gasteiger partial charge is 0.120 e. The van der Waals surface area contributed by atoms with Gasteiger partial charge in [0.05, 0.1) is 8.07 Å². The molecule has 2 heteroatoms. The zero-order chi connectivity index (χ0) is 16.8. The van der Waals surface area contributed by atoms with Gasteiger partial charge in [-0.05, 0) is 31.0 Å². The third-order valence-electron chi connectivity index (χ3n) is 5.20. The molecular weight excluding hydrogens is 284 g/mol. The van der Waals surface area contributed by atoms with Gasteiger partial charge in [0.25, 0.3) is 0 Å². The largest absolute Gasteiger partial charge is 0.303 e. The first-order valence-electron chi connectivity index (χ1n) is 8.48. The summed E-state index contributed by atoms with van der Waals surface area (Å²) in [7, 11) is -1.71. The molecule has 0 aliphatic heterocycles. The highest BCUT2D eigenvalue weighted by molar-refractivity contribution is 6.84. The highest BCUT2D eigenvalue weighted by Crippen LogP contribution is 2.47. The van der Waals surface area contributed by atoms with Crippen LogP contribution in [0.1, 0.15) is 59.1 Å². The number of benzene rings is 1. The molecule has 22 heavy (non-hydrogen) atoms. The van der Waals surface area contributed by atoms with Crippen molar-refractivity contribution in [2.75, 3.05) is 0 Å². The van der Waals surface area contributed by atoms with Crippen LogP contribution in [0.25, 0.3) is 0 Å². The van der Waals surface area contributed by atoms with E-state index in [0.717, 1.165) is 12.3 Å². The van der Waals surface area contributed by atoms with Crippen LogP contribution < -0.4 is 0 Å². The quantitative estimate of drug-likeness (QED) is 0.320. The molecule has 1 unspecified atom stereocenters. The van der Waals surface area contributed by atoms with Gasteiger partial charge in [-0.1, -0.05) is 80.8 Å². The van der Waals surface area contributed by atoms with Crippen LogP contribution in [-0.2, 0) is 4.79 Å². The summed E-state index contributed by atoms with van der Waals surface area (Å²) >= 11 is 0. The number of hydrogen-bond acceptors (Lipinski definition) is 1. The second-order valence-corrected chi connectivity index (χ2v) is 12.9. The fraction of sp³-hybridized carbons (Fsp3) is 0.550. The van der Waals surface area contributed by atoms with Crippen molar-refractivity contribution in [2.24, 2.45) is 0 Å². The Hall–Kier alpha value is -1.15. The molecule has 0 heterocycles. The van der Waals surface area contributed by atoms with Crippen LogP contribution in [-0.4, -0.2) is 14.4 Å². The van der Waals surface area contributed by atoms with Crippen LogP contribution in [0.2, 0.25) is 17.1 Å². The van der Waals surface area contributed by atoms with E-state index in [1.807, 2.05) is 0 Å². The maximum atomic E-state index is 11.4. The predicted molar refractivity (Wildman–Crippen MR) is 100 cm³/mol. The Balaban J connectivity index is 3.42. The molecule has 0 amide bonds. The topological polar surface area (TPSA) is 17.1 Å². The number of aldehydes is 1. The highest BCUT2D eigenvalue weighted by atomic mass is 28.3. The van der Waals surface area contributed by atoms with Crippen LogP contribution in [0.5, 0.6) is 0 Å². The third-order valence-corrected chi connectivity index (χ3v) is 12.3. The van der Waals surface area contributed by atoms with Gasteiger partial charge in [-0.15, -0.1) is 0 Å². The maximum absolute atomic E-state index is 11.4. The van der Waals surface area contributed by atoms with Gasteiger partial charge in [-0.3, -0.25) is 0 Å². The molecule has 0 radical (unpaired) electrons. The Bertz CT molecular complexity index is 476. The SMILES string of the molecule is CC(C)=CC[Si](C(C)C)(C(C)C)C(CC=O)c1ccccc1. The normalized spacial score (nSPS) is 13.3. The van der Waals surface area contributed by atoms with Gasteiger partial charge in [0.15, 0.2) is 0 Å². The van der Waals surface area contributed by atoms with E-state index in [9.17, 15) is 4.79 Å². The van der Waals surface area contributed by atoms with Crippen LogP contribution >= 0.6 is 0 Å². The van der Waals surface area contributed by atoms with Crippen molar-refractivity contribution in [1.82, 2.24) is 0 Å². The van der Waals surface area contributed by atoms with Gasteiger partial charge in [-0.2, -0.15) is 0 Å². The first-order valence-corrected chi connectivity index (χ1v) is 10.9. The number of rotatable bonds is 8. The molecule has 0 spiro atoms. The average molecular weight is 317 g/mol. The summed E-state index contributed by atoms with van der Waals surface area (Å²) < 4.78 is 0. The molecule has 0 saturated heterocycles. The molecule has 1 atom stereocenters. The number of allylic oxidation sites excluding steroid dienone is 2. The van der Waals surface area contributed by atoms with Gasteiger partial charge >= 0.3 is 0 Å². The Morgan fingerprint density at radius 1 is 1.05 bits per heavy atom. The summed E-state index contributed by atoms with van der Waals surface area (Å²) in [5.74, 6) is 0. The van der Waals surface area contributed by atoms with Crippen molar-refractivity contribution in [2.45, 2.75) is 70.6 Å². The Morgan fingerprint density at radius 2 is 1.59 bits per heavy atom. The highest BCUT2D eigenvalue weighted by Gasteiger charge is 2.45. The predicted octanol–water partition coefficient (Wildman–Crippen LogP) is 6.13. The Labute approximate surface area is 137 Å². The number of hydrogen-bond donors (Lipinski definition) is 0. The maximum Gasteiger partial charge on any atom is 0.120 e. The molecule has 0 saturated carbocycles. The van der Waals surface area contributed by atoms with Crippen molar-refractivity contribution < 1.29 is 4.79 Å². The fourth-order valence-electron chi connectivity index (χ4n) is 3.91. The third kappa shape index (κ3) is 4.19. The lowest BCUT2D eigenvalue weighted by molar-refractivity contribution is -0.107. The molecule has 0 aromatic heterocycles. The van der Waals surface area contributed by atoms with Gasteiger partial charge in [0.2, 0.25) is 0 Å². The van der Waals surface area contributed by atoms with Crippen molar-refractivity contribution in [3.63, 3.8) is 0 Å². The monoisotopic (exact) mass is 316 g/mol. The van der Waals surface area contributed by atoms with E-state index in [2.05, 4.69) is 78.0 Å². The molecule has 1 nitrogen and oxygen atoms in total. The summed E-state index contributed by atoms with van der Waals surface area (Å²) in [5.41, 5.74) is 4.44. The molecular formula is C20H32OSi. The van der Waals surface area contributed by atoms with Crippen LogP contribution in [0.15, 0.2) is 42.0 Å². The number of carbonyl (C=O) groups excluding carboxylic acids is 1. The van der Waals surface area contributed by atoms with Crippen molar-refractivity contribution in [1.29, 1.82) is 0 Å². The molecule has 0 bridgehead atoms. The first kappa shape index (κ1) is 18.9. The second-order valence-electron chi connectivity index (χ2n) is 7.27. The van der Waals surface area contributed by atoms with Gasteiger partial charge in [0, 0.05) is 6.42 Å². The van der Waals surface area contributed by atoms with Crippen LogP contribution in [0.3, 0.4) is 0 Å². The first-order chi connectivity index (χ1) is 10.4. The van der Waals surface area contributed by atoms with E-state index in [-0.39, 0.29) is 0 Å².